The van der Waals surface area contributed by atoms with Gasteiger partial charge in [0, 0.05) is 31.9 Å². The van der Waals surface area contributed by atoms with Crippen molar-refractivity contribution in [1.82, 2.24) is 20.4 Å². The fourth-order valence-corrected chi connectivity index (χ4v) is 3.19. The van der Waals surface area contributed by atoms with E-state index in [1.54, 1.807) is 7.05 Å². The van der Waals surface area contributed by atoms with Gasteiger partial charge in [-0.05, 0) is 44.4 Å². The second kappa shape index (κ2) is 10.00. The molecular weight excluding hydrogens is 338 g/mol. The molecule has 0 amide bonds. The number of aromatic nitrogens is 2. The standard InChI is InChI=1S/C21H33N5O/c1-7-19-18(20(8-2)26(6)25-19)14-24-21(22-5)23-13-16(4)27-17-11-9-10-15(3)12-17/h9-12,16H,7-8,13-14H2,1-6H3,(H2,22,23,24). The number of hydrogen-bond acceptors (Lipinski definition) is 3. The highest BCUT2D eigenvalue weighted by Gasteiger charge is 2.14. The van der Waals surface area contributed by atoms with Gasteiger partial charge in [0.15, 0.2) is 5.96 Å². The highest BCUT2D eigenvalue weighted by molar-refractivity contribution is 5.79. The molecule has 2 N–H and O–H groups in total. The Balaban J connectivity index is 1.89. The molecule has 148 valence electrons. The quantitative estimate of drug-likeness (QED) is 0.553. The first kappa shape index (κ1) is 20.8. The lowest BCUT2D eigenvalue weighted by molar-refractivity contribution is 0.223. The van der Waals surface area contributed by atoms with Crippen molar-refractivity contribution in [2.24, 2.45) is 12.0 Å². The second-order valence-electron chi connectivity index (χ2n) is 6.75. The SMILES string of the molecule is CCc1nn(C)c(CC)c1CNC(=NC)NCC(C)Oc1cccc(C)c1. The van der Waals surface area contributed by atoms with Gasteiger partial charge in [-0.25, -0.2) is 0 Å². The minimum atomic E-state index is 0.0288. The van der Waals surface area contributed by atoms with E-state index in [0.717, 1.165) is 30.2 Å². The van der Waals surface area contributed by atoms with Gasteiger partial charge < -0.3 is 15.4 Å². The molecule has 0 aliphatic heterocycles. The Labute approximate surface area is 163 Å². The highest BCUT2D eigenvalue weighted by atomic mass is 16.5. The number of guanidine groups is 1. The van der Waals surface area contributed by atoms with Crippen molar-refractivity contribution >= 4 is 5.96 Å². The maximum Gasteiger partial charge on any atom is 0.191 e. The molecular formula is C21H33N5O. The molecule has 0 saturated heterocycles. The summed E-state index contributed by atoms with van der Waals surface area (Å²) in [5.74, 6) is 1.66. The molecule has 0 aliphatic rings. The number of aryl methyl sites for hydroxylation is 3. The first-order chi connectivity index (χ1) is 13.0. The van der Waals surface area contributed by atoms with E-state index in [0.29, 0.717) is 13.1 Å². The molecule has 27 heavy (non-hydrogen) atoms. The van der Waals surface area contributed by atoms with Crippen molar-refractivity contribution in [2.75, 3.05) is 13.6 Å². The minimum Gasteiger partial charge on any atom is -0.489 e. The van der Waals surface area contributed by atoms with Crippen LogP contribution in [0.2, 0.25) is 0 Å². The van der Waals surface area contributed by atoms with Crippen LogP contribution in [0.4, 0.5) is 0 Å². The van der Waals surface area contributed by atoms with Crippen molar-refractivity contribution < 1.29 is 4.74 Å². The van der Waals surface area contributed by atoms with E-state index >= 15 is 0 Å². The van der Waals surface area contributed by atoms with E-state index in [1.807, 2.05) is 36.9 Å². The van der Waals surface area contributed by atoms with E-state index in [-0.39, 0.29) is 6.10 Å². The van der Waals surface area contributed by atoms with Crippen LogP contribution in [0.1, 0.15) is 43.3 Å². The molecule has 1 unspecified atom stereocenters. The van der Waals surface area contributed by atoms with Crippen LogP contribution in [0, 0.1) is 6.92 Å². The van der Waals surface area contributed by atoms with Crippen LogP contribution in [-0.4, -0.2) is 35.4 Å². The maximum atomic E-state index is 5.97. The zero-order valence-corrected chi connectivity index (χ0v) is 17.5. The predicted octanol–water partition coefficient (Wildman–Crippen LogP) is 2.99. The zero-order valence-electron chi connectivity index (χ0n) is 17.5. The molecule has 0 aliphatic carbocycles. The van der Waals surface area contributed by atoms with Crippen LogP contribution in [0.5, 0.6) is 5.75 Å². The van der Waals surface area contributed by atoms with Gasteiger partial charge in [0.2, 0.25) is 0 Å². The average Bonchev–Trinajstić information content (AvgIpc) is 2.96. The third-order valence-corrected chi connectivity index (χ3v) is 4.57. The number of nitrogens with one attached hydrogen (secondary N) is 2. The van der Waals surface area contributed by atoms with E-state index in [2.05, 4.69) is 47.6 Å². The topological polar surface area (TPSA) is 63.5 Å². The van der Waals surface area contributed by atoms with Crippen molar-refractivity contribution in [3.63, 3.8) is 0 Å². The molecule has 1 aromatic carbocycles. The molecule has 1 heterocycles. The van der Waals surface area contributed by atoms with Crippen molar-refractivity contribution in [3.8, 4) is 5.75 Å². The van der Waals surface area contributed by atoms with E-state index < -0.39 is 0 Å². The van der Waals surface area contributed by atoms with E-state index in [1.165, 1.54) is 16.8 Å². The summed E-state index contributed by atoms with van der Waals surface area (Å²) in [7, 11) is 3.80. The zero-order chi connectivity index (χ0) is 19.8. The Hall–Kier alpha value is -2.50. The summed E-state index contributed by atoms with van der Waals surface area (Å²) in [6.07, 6.45) is 1.92. The van der Waals surface area contributed by atoms with Crippen LogP contribution in [0.15, 0.2) is 29.3 Å². The summed E-state index contributed by atoms with van der Waals surface area (Å²) in [5, 5.41) is 11.4. The van der Waals surface area contributed by atoms with Crippen LogP contribution >= 0.6 is 0 Å². The number of hydrogen-bond donors (Lipinski definition) is 2. The fourth-order valence-electron chi connectivity index (χ4n) is 3.19. The summed E-state index contributed by atoms with van der Waals surface area (Å²) in [5.41, 5.74) is 4.88. The molecule has 0 saturated carbocycles. The molecule has 1 aromatic heterocycles. The summed E-state index contributed by atoms with van der Waals surface area (Å²) in [4.78, 5) is 4.33. The third-order valence-electron chi connectivity index (χ3n) is 4.57. The lowest BCUT2D eigenvalue weighted by Crippen LogP contribution is -2.41. The lowest BCUT2D eigenvalue weighted by atomic mass is 10.1. The average molecular weight is 372 g/mol. The summed E-state index contributed by atoms with van der Waals surface area (Å²) in [6, 6.07) is 8.10. The van der Waals surface area contributed by atoms with Crippen LogP contribution in [0.25, 0.3) is 0 Å². The summed E-state index contributed by atoms with van der Waals surface area (Å²) >= 11 is 0. The second-order valence-corrected chi connectivity index (χ2v) is 6.75. The lowest BCUT2D eigenvalue weighted by Gasteiger charge is -2.18. The highest BCUT2D eigenvalue weighted by Crippen LogP contribution is 2.15. The Bertz CT molecular complexity index is 766. The van der Waals surface area contributed by atoms with Gasteiger partial charge in [-0.2, -0.15) is 5.10 Å². The Kier molecular flexibility index (Phi) is 7.70. The first-order valence-corrected chi connectivity index (χ1v) is 9.69. The minimum absolute atomic E-state index is 0.0288. The number of ether oxygens (including phenoxy) is 1. The molecule has 0 spiro atoms. The molecule has 0 fully saturated rings. The van der Waals surface area contributed by atoms with E-state index in [4.69, 9.17) is 4.74 Å². The van der Waals surface area contributed by atoms with Gasteiger partial charge in [-0.1, -0.05) is 26.0 Å². The van der Waals surface area contributed by atoms with Crippen LogP contribution in [0.3, 0.4) is 0 Å². The Morgan fingerprint density at radius 3 is 2.67 bits per heavy atom. The monoisotopic (exact) mass is 371 g/mol. The van der Waals surface area contributed by atoms with Crippen molar-refractivity contribution in [1.29, 1.82) is 0 Å². The van der Waals surface area contributed by atoms with E-state index in [9.17, 15) is 0 Å². The summed E-state index contributed by atoms with van der Waals surface area (Å²) < 4.78 is 7.96. The van der Waals surface area contributed by atoms with Crippen LogP contribution in [-0.2, 0) is 26.4 Å². The normalized spacial score (nSPS) is 12.7. The van der Waals surface area contributed by atoms with Gasteiger partial charge in [-0.15, -0.1) is 0 Å². The molecule has 0 bridgehead atoms. The first-order valence-electron chi connectivity index (χ1n) is 9.69. The fraction of sp³-hybridized carbons (Fsp3) is 0.524. The predicted molar refractivity (Wildman–Crippen MR) is 111 cm³/mol. The Morgan fingerprint density at radius 1 is 1.26 bits per heavy atom. The number of rotatable bonds is 8. The molecule has 0 radical (unpaired) electrons. The molecule has 6 nitrogen and oxygen atoms in total. The van der Waals surface area contributed by atoms with Gasteiger partial charge in [0.05, 0.1) is 12.2 Å². The number of aliphatic imine (C=N–C) groups is 1. The van der Waals surface area contributed by atoms with Gasteiger partial charge >= 0.3 is 0 Å². The third kappa shape index (κ3) is 5.74. The van der Waals surface area contributed by atoms with Crippen molar-refractivity contribution in [3.05, 3.63) is 46.8 Å². The number of nitrogens with zero attached hydrogens (tertiary/aromatic N) is 3. The maximum absolute atomic E-state index is 5.97. The molecule has 2 aromatic rings. The van der Waals surface area contributed by atoms with Gasteiger partial charge in [0.25, 0.3) is 0 Å². The van der Waals surface area contributed by atoms with Crippen molar-refractivity contribution in [2.45, 2.75) is 53.2 Å². The molecule has 6 heteroatoms. The van der Waals surface area contributed by atoms with Gasteiger partial charge in [-0.3, -0.25) is 9.67 Å². The van der Waals surface area contributed by atoms with Gasteiger partial charge in [0.1, 0.15) is 11.9 Å². The molecule has 1 atom stereocenters. The molecule has 2 rings (SSSR count). The summed E-state index contributed by atoms with van der Waals surface area (Å²) in [6.45, 7) is 9.80. The smallest absolute Gasteiger partial charge is 0.191 e. The number of benzene rings is 1. The largest absolute Gasteiger partial charge is 0.489 e. The Morgan fingerprint density at radius 2 is 2.04 bits per heavy atom. The van der Waals surface area contributed by atoms with Crippen LogP contribution < -0.4 is 15.4 Å².